The van der Waals surface area contributed by atoms with Gasteiger partial charge in [0.2, 0.25) is 17.7 Å². The molecule has 3 amide bonds. The molecule has 3 unspecified atom stereocenters. The van der Waals surface area contributed by atoms with E-state index in [1.165, 1.54) is 17.4 Å². The van der Waals surface area contributed by atoms with Crippen molar-refractivity contribution in [3.05, 3.63) is 18.2 Å². The summed E-state index contributed by atoms with van der Waals surface area (Å²) in [7, 11) is 0. The van der Waals surface area contributed by atoms with Gasteiger partial charge in [-0.3, -0.25) is 19.2 Å². The van der Waals surface area contributed by atoms with E-state index in [2.05, 4.69) is 20.6 Å². The quantitative estimate of drug-likeness (QED) is 0.203. The first-order valence-electron chi connectivity index (χ1n) is 10.4. The molecule has 0 saturated carbocycles. The fraction of sp³-hybridized carbons (Fsp3) is 0.632. The van der Waals surface area contributed by atoms with Gasteiger partial charge in [-0.15, -0.1) is 0 Å². The maximum atomic E-state index is 12.9. The van der Waals surface area contributed by atoms with Crippen molar-refractivity contribution in [1.82, 2.24) is 25.5 Å². The third-order valence-electron chi connectivity index (χ3n) is 5.15. The third kappa shape index (κ3) is 7.33. The number of nitrogens with two attached hydrogens (primary N) is 2. The molecule has 8 N–H and O–H groups in total. The van der Waals surface area contributed by atoms with E-state index in [1.807, 2.05) is 0 Å². The fourth-order valence-electron chi connectivity index (χ4n) is 3.53. The Kier molecular flexibility index (Phi) is 9.40. The second kappa shape index (κ2) is 12.0. The second-order valence-corrected chi connectivity index (χ2v) is 7.53. The van der Waals surface area contributed by atoms with Crippen LogP contribution in [0.15, 0.2) is 12.5 Å². The maximum Gasteiger partial charge on any atom is 0.322 e. The number of amides is 3. The predicted molar refractivity (Wildman–Crippen MR) is 110 cm³/mol. The molecule has 3 atom stereocenters. The van der Waals surface area contributed by atoms with E-state index < -0.39 is 42.5 Å². The number of carbonyl (C=O) groups excluding carboxylic acids is 3. The molecular formula is C19H31N7O5. The highest BCUT2D eigenvalue weighted by molar-refractivity contribution is 5.94. The molecule has 2 rings (SSSR count). The Morgan fingerprint density at radius 1 is 1.32 bits per heavy atom. The van der Waals surface area contributed by atoms with Gasteiger partial charge in [-0.2, -0.15) is 0 Å². The molecule has 2 heterocycles. The Labute approximate surface area is 180 Å². The first-order chi connectivity index (χ1) is 14.8. The highest BCUT2D eigenvalue weighted by atomic mass is 16.4. The molecule has 0 spiro atoms. The average Bonchev–Trinajstić information content (AvgIpc) is 3.42. The summed E-state index contributed by atoms with van der Waals surface area (Å²) in [4.78, 5) is 57.1. The molecule has 12 nitrogen and oxygen atoms in total. The number of unbranched alkanes of at least 4 members (excludes halogenated alkanes) is 1. The molecule has 0 aliphatic carbocycles. The average molecular weight is 438 g/mol. The van der Waals surface area contributed by atoms with E-state index >= 15 is 0 Å². The molecule has 12 heteroatoms. The molecule has 1 fully saturated rings. The summed E-state index contributed by atoms with van der Waals surface area (Å²) in [5, 5.41) is 13.7. The number of likely N-dealkylation sites (tertiary alicyclic amines) is 1. The van der Waals surface area contributed by atoms with Crippen molar-refractivity contribution in [3.8, 4) is 0 Å². The van der Waals surface area contributed by atoms with Crippen molar-refractivity contribution in [3.63, 3.8) is 0 Å². The summed E-state index contributed by atoms with van der Waals surface area (Å²) in [5.41, 5.74) is 12.1. The van der Waals surface area contributed by atoms with Crippen molar-refractivity contribution in [2.24, 2.45) is 11.5 Å². The number of nitrogens with zero attached hydrogens (tertiary/aromatic N) is 2. The van der Waals surface area contributed by atoms with Crippen LogP contribution in [0.25, 0.3) is 0 Å². The van der Waals surface area contributed by atoms with Gasteiger partial charge in [-0.1, -0.05) is 6.42 Å². The van der Waals surface area contributed by atoms with Gasteiger partial charge in [-0.05, 0) is 32.2 Å². The SMILES string of the molecule is NCCCCC(N)C(=O)N1CCCC1C(=O)NC(Cc1cnc[nH]1)C(=O)NCC(=O)O. The van der Waals surface area contributed by atoms with Crippen molar-refractivity contribution in [1.29, 1.82) is 0 Å². The minimum absolute atomic E-state index is 0.0937. The highest BCUT2D eigenvalue weighted by Gasteiger charge is 2.37. The predicted octanol–water partition coefficient (Wildman–Crippen LogP) is -1.91. The highest BCUT2D eigenvalue weighted by Crippen LogP contribution is 2.19. The molecule has 1 aliphatic heterocycles. The summed E-state index contributed by atoms with van der Waals surface area (Å²) in [6, 6.07) is -2.47. The Bertz CT molecular complexity index is 755. The minimum atomic E-state index is -1.20. The van der Waals surface area contributed by atoms with Gasteiger partial charge in [0, 0.05) is 24.9 Å². The summed E-state index contributed by atoms with van der Waals surface area (Å²) < 4.78 is 0. The number of rotatable bonds is 12. The molecule has 1 aliphatic rings. The van der Waals surface area contributed by atoms with Gasteiger partial charge in [0.1, 0.15) is 18.6 Å². The van der Waals surface area contributed by atoms with Crippen LogP contribution in [0.2, 0.25) is 0 Å². The number of aromatic amines is 1. The lowest BCUT2D eigenvalue weighted by atomic mass is 10.1. The Balaban J connectivity index is 2.03. The van der Waals surface area contributed by atoms with Gasteiger partial charge < -0.3 is 37.1 Å². The van der Waals surface area contributed by atoms with Crippen LogP contribution in [0, 0.1) is 0 Å². The Morgan fingerprint density at radius 2 is 2.10 bits per heavy atom. The molecular weight excluding hydrogens is 406 g/mol. The molecule has 0 radical (unpaired) electrons. The van der Waals surface area contributed by atoms with Crippen LogP contribution in [-0.4, -0.2) is 81.4 Å². The van der Waals surface area contributed by atoms with Crippen molar-refractivity contribution in [2.75, 3.05) is 19.6 Å². The number of H-pyrrole nitrogens is 1. The van der Waals surface area contributed by atoms with Crippen LogP contribution in [0.4, 0.5) is 0 Å². The van der Waals surface area contributed by atoms with Crippen LogP contribution >= 0.6 is 0 Å². The van der Waals surface area contributed by atoms with Gasteiger partial charge in [0.25, 0.3) is 0 Å². The zero-order valence-corrected chi connectivity index (χ0v) is 17.4. The van der Waals surface area contributed by atoms with E-state index in [-0.39, 0.29) is 12.3 Å². The summed E-state index contributed by atoms with van der Waals surface area (Å²) in [6.07, 6.45) is 6.13. The zero-order chi connectivity index (χ0) is 22.8. The van der Waals surface area contributed by atoms with Crippen molar-refractivity contribution in [2.45, 2.75) is 56.7 Å². The zero-order valence-electron chi connectivity index (χ0n) is 17.4. The van der Waals surface area contributed by atoms with Crippen LogP contribution in [-0.2, 0) is 25.6 Å². The van der Waals surface area contributed by atoms with E-state index in [0.29, 0.717) is 38.0 Å². The number of carboxylic acids is 1. The fourth-order valence-corrected chi connectivity index (χ4v) is 3.53. The smallest absolute Gasteiger partial charge is 0.322 e. The van der Waals surface area contributed by atoms with Crippen LogP contribution in [0.1, 0.15) is 37.8 Å². The monoisotopic (exact) mass is 437 g/mol. The Hall–Kier alpha value is -2.99. The lowest BCUT2D eigenvalue weighted by molar-refractivity contribution is -0.141. The summed E-state index contributed by atoms with van der Waals surface area (Å²) in [5.74, 6) is -2.61. The second-order valence-electron chi connectivity index (χ2n) is 7.53. The van der Waals surface area contributed by atoms with Crippen LogP contribution in [0.3, 0.4) is 0 Å². The molecule has 1 saturated heterocycles. The van der Waals surface area contributed by atoms with Crippen molar-refractivity contribution >= 4 is 23.7 Å². The first kappa shape index (κ1) is 24.3. The number of carboxylic acid groups (broad SMARTS) is 1. The molecule has 1 aromatic heterocycles. The number of nitrogens with one attached hydrogen (secondary N) is 3. The lowest BCUT2D eigenvalue weighted by Crippen LogP contribution is -2.56. The van der Waals surface area contributed by atoms with Gasteiger partial charge in [0.15, 0.2) is 0 Å². The topological polar surface area (TPSA) is 197 Å². The van der Waals surface area contributed by atoms with Crippen LogP contribution in [0.5, 0.6) is 0 Å². The maximum absolute atomic E-state index is 12.9. The number of imidazole rings is 1. The minimum Gasteiger partial charge on any atom is -0.480 e. The number of carbonyl (C=O) groups is 4. The van der Waals surface area contributed by atoms with Gasteiger partial charge in [0.05, 0.1) is 12.4 Å². The first-order valence-corrected chi connectivity index (χ1v) is 10.4. The lowest BCUT2D eigenvalue weighted by Gasteiger charge is -2.28. The van der Waals surface area contributed by atoms with Gasteiger partial charge >= 0.3 is 5.97 Å². The Morgan fingerprint density at radius 3 is 2.74 bits per heavy atom. The molecule has 0 aromatic carbocycles. The van der Waals surface area contributed by atoms with Crippen LogP contribution < -0.4 is 22.1 Å². The largest absolute Gasteiger partial charge is 0.480 e. The molecule has 0 bridgehead atoms. The number of aromatic nitrogens is 2. The molecule has 172 valence electrons. The van der Waals surface area contributed by atoms with E-state index in [1.54, 1.807) is 0 Å². The summed E-state index contributed by atoms with van der Waals surface area (Å²) >= 11 is 0. The van der Waals surface area contributed by atoms with Crippen molar-refractivity contribution < 1.29 is 24.3 Å². The van der Waals surface area contributed by atoms with Gasteiger partial charge in [-0.25, -0.2) is 4.98 Å². The van der Waals surface area contributed by atoms with E-state index in [0.717, 1.165) is 12.8 Å². The molecule has 1 aromatic rings. The number of hydrogen-bond acceptors (Lipinski definition) is 7. The molecule has 31 heavy (non-hydrogen) atoms. The number of aliphatic carboxylic acids is 1. The van der Waals surface area contributed by atoms with E-state index in [4.69, 9.17) is 16.6 Å². The standard InChI is InChI=1S/C19H31N7O5/c20-6-2-1-4-13(21)19(31)26-7-3-5-15(26)18(30)25-14(8-12-9-22-11-24-12)17(29)23-10-16(27)28/h9,11,13-15H,1-8,10,20-21H2,(H,22,24)(H,23,29)(H,25,30)(H,27,28). The summed E-state index contributed by atoms with van der Waals surface area (Å²) in [6.45, 7) is 0.370. The normalized spacial score (nSPS) is 17.7. The third-order valence-corrected chi connectivity index (χ3v) is 5.15. The number of hydrogen-bond donors (Lipinski definition) is 6. The van der Waals surface area contributed by atoms with E-state index in [9.17, 15) is 19.2 Å².